The number of H-pyrrole nitrogens is 1. The van der Waals surface area contributed by atoms with Crippen molar-refractivity contribution in [1.29, 1.82) is 0 Å². The fraction of sp³-hybridized carbons (Fsp3) is 0.280. The number of carboxylic acid groups (broad SMARTS) is 1. The van der Waals surface area contributed by atoms with Crippen molar-refractivity contribution >= 4 is 44.0 Å². The number of hydrogen-bond donors (Lipinski definition) is 2. The second kappa shape index (κ2) is 9.25. The Morgan fingerprint density at radius 3 is 2.70 bits per heavy atom. The Morgan fingerprint density at radius 2 is 1.88 bits per heavy atom. The minimum Gasteiger partial charge on any atom is -0.493 e. The summed E-state index contributed by atoms with van der Waals surface area (Å²) in [5, 5.41) is 11.3. The molecule has 3 heterocycles. The average Bonchev–Trinajstić information content (AvgIpc) is 3.27. The maximum Gasteiger partial charge on any atom is 0.345 e. The molecule has 1 fully saturated rings. The Kier molecular flexibility index (Phi) is 6.02. The third kappa shape index (κ3) is 4.72. The minimum absolute atomic E-state index is 0.114. The number of aromatic carboxylic acids is 1. The molecule has 1 saturated heterocycles. The van der Waals surface area contributed by atoms with Crippen LogP contribution in [0.25, 0.3) is 21.0 Å². The van der Waals surface area contributed by atoms with E-state index in [1.165, 1.54) is 17.4 Å². The second-order valence-electron chi connectivity index (χ2n) is 8.21. The first-order valence-corrected chi connectivity index (χ1v) is 11.9. The number of aromatic nitrogens is 1. The Labute approximate surface area is 194 Å². The summed E-state index contributed by atoms with van der Waals surface area (Å²) in [5.74, 6) is -0.107. The highest BCUT2D eigenvalue weighted by Crippen LogP contribution is 2.34. The van der Waals surface area contributed by atoms with Gasteiger partial charge in [-0.05, 0) is 48.2 Å². The third-order valence-electron chi connectivity index (χ3n) is 6.05. The normalized spacial score (nSPS) is 14.7. The molecule has 2 aromatic heterocycles. The van der Waals surface area contributed by atoms with Crippen molar-refractivity contribution in [1.82, 2.24) is 9.88 Å². The molecule has 0 bridgehead atoms. The van der Waals surface area contributed by atoms with Crippen LogP contribution >= 0.6 is 11.3 Å². The van der Waals surface area contributed by atoms with Crippen LogP contribution in [0.4, 0.5) is 5.69 Å². The molecule has 0 amide bonds. The van der Waals surface area contributed by atoms with Crippen molar-refractivity contribution in [3.63, 3.8) is 0 Å². The standard InChI is InChI=1S/C25H25N3O4S/c29-24-8-6-17-5-7-18(15-20(17)26-24)32-14-2-9-27-10-12-28(13-11-27)21-3-1-4-22-19(21)16-23(33-22)25(30)31/h1,3-8,15-16H,2,9-14H2,(H,26,29)(H,30,31). The molecule has 2 N–H and O–H groups in total. The van der Waals surface area contributed by atoms with E-state index in [4.69, 9.17) is 4.74 Å². The molecule has 33 heavy (non-hydrogen) atoms. The zero-order valence-corrected chi connectivity index (χ0v) is 18.9. The van der Waals surface area contributed by atoms with E-state index in [1.54, 1.807) is 6.07 Å². The SMILES string of the molecule is O=C(O)c1cc2c(N3CCN(CCCOc4ccc5ccc(=O)[nH]c5c4)CC3)cccc2s1. The molecule has 1 aliphatic rings. The third-order valence-corrected chi connectivity index (χ3v) is 7.13. The van der Waals surface area contributed by atoms with Gasteiger partial charge in [-0.1, -0.05) is 6.07 Å². The second-order valence-corrected chi connectivity index (χ2v) is 9.29. The minimum atomic E-state index is -0.869. The lowest BCUT2D eigenvalue weighted by molar-refractivity contribution is 0.0702. The number of benzene rings is 2. The highest BCUT2D eigenvalue weighted by Gasteiger charge is 2.20. The summed E-state index contributed by atoms with van der Waals surface area (Å²) in [5.41, 5.74) is 1.79. The molecule has 0 spiro atoms. The largest absolute Gasteiger partial charge is 0.493 e. The fourth-order valence-electron chi connectivity index (χ4n) is 4.34. The van der Waals surface area contributed by atoms with Crippen LogP contribution in [0.2, 0.25) is 0 Å². The van der Waals surface area contributed by atoms with E-state index in [2.05, 4.69) is 20.9 Å². The number of aromatic amines is 1. The van der Waals surface area contributed by atoms with E-state index in [-0.39, 0.29) is 5.56 Å². The lowest BCUT2D eigenvalue weighted by Gasteiger charge is -2.36. The number of ether oxygens (including phenoxy) is 1. The molecular formula is C25H25N3O4S. The summed E-state index contributed by atoms with van der Waals surface area (Å²) in [4.78, 5) is 30.9. The van der Waals surface area contributed by atoms with E-state index >= 15 is 0 Å². The van der Waals surface area contributed by atoms with Crippen LogP contribution in [0.5, 0.6) is 5.75 Å². The number of piperazine rings is 1. The van der Waals surface area contributed by atoms with Crippen molar-refractivity contribution in [2.75, 3.05) is 44.2 Å². The smallest absolute Gasteiger partial charge is 0.345 e. The van der Waals surface area contributed by atoms with Gasteiger partial charge in [0.2, 0.25) is 5.56 Å². The molecule has 0 atom stereocenters. The Bertz CT molecular complexity index is 1350. The average molecular weight is 464 g/mol. The predicted octanol–water partition coefficient (Wildman–Crippen LogP) is 4.03. The molecule has 2 aromatic carbocycles. The van der Waals surface area contributed by atoms with Crippen molar-refractivity contribution < 1.29 is 14.6 Å². The van der Waals surface area contributed by atoms with Gasteiger partial charge >= 0.3 is 5.97 Å². The molecule has 4 aromatic rings. The first-order valence-electron chi connectivity index (χ1n) is 11.1. The maximum absolute atomic E-state index is 11.5. The number of anilines is 1. The molecule has 7 nitrogen and oxygen atoms in total. The molecule has 0 aliphatic carbocycles. The van der Waals surface area contributed by atoms with Gasteiger partial charge in [0.1, 0.15) is 10.6 Å². The van der Waals surface area contributed by atoms with Crippen LogP contribution in [-0.2, 0) is 0 Å². The van der Waals surface area contributed by atoms with E-state index in [9.17, 15) is 14.7 Å². The summed E-state index contributed by atoms with van der Waals surface area (Å²) < 4.78 is 6.92. The van der Waals surface area contributed by atoms with Crippen LogP contribution in [0.3, 0.4) is 0 Å². The first-order chi connectivity index (χ1) is 16.1. The zero-order chi connectivity index (χ0) is 22.8. The van der Waals surface area contributed by atoms with Gasteiger partial charge < -0.3 is 19.7 Å². The molecule has 8 heteroatoms. The van der Waals surface area contributed by atoms with E-state index in [0.717, 1.165) is 71.6 Å². The first kappa shape index (κ1) is 21.5. The number of rotatable bonds is 7. The summed E-state index contributed by atoms with van der Waals surface area (Å²) in [7, 11) is 0. The van der Waals surface area contributed by atoms with Gasteiger partial charge in [-0.3, -0.25) is 9.69 Å². The summed E-state index contributed by atoms with van der Waals surface area (Å²) >= 11 is 1.33. The van der Waals surface area contributed by atoms with Crippen molar-refractivity contribution in [3.05, 3.63) is 69.8 Å². The Morgan fingerprint density at radius 1 is 1.06 bits per heavy atom. The van der Waals surface area contributed by atoms with Gasteiger partial charge in [-0.15, -0.1) is 11.3 Å². The number of carbonyl (C=O) groups is 1. The molecule has 0 radical (unpaired) electrons. The monoisotopic (exact) mass is 463 g/mol. The molecule has 1 aliphatic heterocycles. The van der Waals surface area contributed by atoms with Gasteiger partial charge in [-0.2, -0.15) is 0 Å². The van der Waals surface area contributed by atoms with Crippen molar-refractivity contribution in [3.8, 4) is 5.75 Å². The Balaban J connectivity index is 1.12. The molecule has 0 unspecified atom stereocenters. The van der Waals surface area contributed by atoms with Crippen LogP contribution in [-0.4, -0.2) is 60.3 Å². The van der Waals surface area contributed by atoms with Gasteiger partial charge in [0.15, 0.2) is 0 Å². The van der Waals surface area contributed by atoms with Crippen LogP contribution < -0.4 is 15.2 Å². The number of nitrogens with one attached hydrogen (secondary N) is 1. The maximum atomic E-state index is 11.5. The highest BCUT2D eigenvalue weighted by atomic mass is 32.1. The van der Waals surface area contributed by atoms with E-state index < -0.39 is 5.97 Å². The number of carboxylic acids is 1. The van der Waals surface area contributed by atoms with Gasteiger partial charge in [0, 0.05) is 60.6 Å². The zero-order valence-electron chi connectivity index (χ0n) is 18.1. The molecule has 170 valence electrons. The summed E-state index contributed by atoms with van der Waals surface area (Å²) in [6, 6.07) is 17.0. The van der Waals surface area contributed by atoms with Crippen molar-refractivity contribution in [2.45, 2.75) is 6.42 Å². The predicted molar refractivity (Wildman–Crippen MR) is 132 cm³/mol. The van der Waals surface area contributed by atoms with Crippen molar-refractivity contribution in [2.24, 2.45) is 0 Å². The van der Waals surface area contributed by atoms with Crippen LogP contribution in [0, 0.1) is 0 Å². The van der Waals surface area contributed by atoms with Gasteiger partial charge in [0.05, 0.1) is 12.1 Å². The number of fused-ring (bicyclic) bond motifs is 2. The van der Waals surface area contributed by atoms with Crippen LogP contribution in [0.15, 0.2) is 59.4 Å². The van der Waals surface area contributed by atoms with E-state index in [0.29, 0.717) is 11.5 Å². The quantitative estimate of drug-likeness (QED) is 0.403. The molecule has 0 saturated carbocycles. The number of pyridine rings is 1. The molecule has 5 rings (SSSR count). The van der Waals surface area contributed by atoms with Gasteiger partial charge in [0.25, 0.3) is 0 Å². The lowest BCUT2D eigenvalue weighted by atomic mass is 10.1. The lowest BCUT2D eigenvalue weighted by Crippen LogP contribution is -2.46. The fourth-order valence-corrected chi connectivity index (χ4v) is 5.26. The van der Waals surface area contributed by atoms with E-state index in [1.807, 2.05) is 36.4 Å². The Hall–Kier alpha value is -3.36. The number of hydrogen-bond acceptors (Lipinski definition) is 6. The highest BCUT2D eigenvalue weighted by molar-refractivity contribution is 7.20. The molecular weight excluding hydrogens is 438 g/mol. The van der Waals surface area contributed by atoms with Crippen LogP contribution in [0.1, 0.15) is 16.1 Å². The number of thiophene rings is 1. The summed E-state index contributed by atoms with van der Waals surface area (Å²) in [6.07, 6.45) is 0.922. The number of nitrogens with zero attached hydrogens (tertiary/aromatic N) is 2. The van der Waals surface area contributed by atoms with Gasteiger partial charge in [-0.25, -0.2) is 4.79 Å². The summed E-state index contributed by atoms with van der Waals surface area (Å²) in [6.45, 7) is 5.33. The topological polar surface area (TPSA) is 85.9 Å².